The van der Waals surface area contributed by atoms with Crippen molar-refractivity contribution < 1.29 is 27.1 Å². The number of ether oxygens (including phenoxy) is 1. The average molecular weight is 460 g/mol. The molecule has 0 bridgehead atoms. The zero-order valence-electron chi connectivity index (χ0n) is 18.6. The summed E-state index contributed by atoms with van der Waals surface area (Å²) in [5.74, 6) is -5.52. The van der Waals surface area contributed by atoms with Gasteiger partial charge in [-0.15, -0.1) is 0 Å². The molecule has 0 unspecified atom stereocenters. The summed E-state index contributed by atoms with van der Waals surface area (Å²) >= 11 is 0. The van der Waals surface area contributed by atoms with E-state index in [0.29, 0.717) is 45.1 Å². The molecule has 1 heterocycles. The van der Waals surface area contributed by atoms with E-state index in [2.05, 4.69) is 10.2 Å². The number of halogens is 4. The van der Waals surface area contributed by atoms with Crippen molar-refractivity contribution in [1.29, 1.82) is 0 Å². The molecule has 1 aliphatic heterocycles. The number of nitrogens with one attached hydrogen (secondary N) is 1. The van der Waals surface area contributed by atoms with Gasteiger partial charge in [-0.2, -0.15) is 0 Å². The number of nitrogens with zero attached hydrogens (tertiary/aromatic N) is 2. The van der Waals surface area contributed by atoms with E-state index in [-0.39, 0.29) is 17.6 Å². The number of methoxy groups -OCH3 is 1. The van der Waals surface area contributed by atoms with Gasteiger partial charge in [-0.1, -0.05) is 0 Å². The molecule has 0 atom stereocenters. The molecule has 1 aromatic rings. The van der Waals surface area contributed by atoms with Crippen molar-refractivity contribution in [1.82, 2.24) is 10.2 Å². The highest BCUT2D eigenvalue weighted by molar-refractivity contribution is 5.76. The highest BCUT2D eigenvalue weighted by Gasteiger charge is 2.26. The van der Waals surface area contributed by atoms with Crippen LogP contribution in [0.4, 0.5) is 23.2 Å². The molecule has 32 heavy (non-hydrogen) atoms. The molecule has 180 valence electrons. The van der Waals surface area contributed by atoms with Gasteiger partial charge in [-0.05, 0) is 51.0 Å². The number of carbonyl (C=O) groups is 1. The second kappa shape index (κ2) is 11.8. The lowest BCUT2D eigenvalue weighted by Crippen LogP contribution is -2.47. The molecule has 0 aromatic heterocycles. The Bertz CT molecular complexity index is 764. The Morgan fingerprint density at radius 1 is 1.03 bits per heavy atom. The van der Waals surface area contributed by atoms with Crippen LogP contribution >= 0.6 is 0 Å². The Balaban J connectivity index is 1.35. The van der Waals surface area contributed by atoms with Crippen LogP contribution in [-0.4, -0.2) is 63.3 Å². The third kappa shape index (κ3) is 6.57. The van der Waals surface area contributed by atoms with Crippen LogP contribution in [-0.2, 0) is 9.53 Å². The summed E-state index contributed by atoms with van der Waals surface area (Å²) in [5, 5.41) is 3.12. The van der Waals surface area contributed by atoms with Gasteiger partial charge in [0.05, 0.1) is 5.69 Å². The van der Waals surface area contributed by atoms with Crippen LogP contribution < -0.4 is 10.2 Å². The van der Waals surface area contributed by atoms with Crippen LogP contribution in [0.5, 0.6) is 0 Å². The Hall–Kier alpha value is -1.87. The first kappa shape index (κ1) is 24.8. The van der Waals surface area contributed by atoms with Gasteiger partial charge in [0, 0.05) is 58.4 Å². The largest absolute Gasteiger partial charge is 0.385 e. The molecule has 2 fully saturated rings. The SMILES string of the molecule is COCCCC(=O)NC1CCC(CCN2CCN(c3cc(F)c(F)c(F)c3F)CC2)CC1. The van der Waals surface area contributed by atoms with Crippen molar-refractivity contribution in [2.45, 2.75) is 51.0 Å². The summed E-state index contributed by atoms with van der Waals surface area (Å²) in [6, 6.07) is 0.995. The Labute approximate surface area is 187 Å². The first-order chi connectivity index (χ1) is 15.4. The van der Waals surface area contributed by atoms with E-state index in [1.807, 2.05) is 0 Å². The summed E-state index contributed by atoms with van der Waals surface area (Å²) in [5.41, 5.74) is -0.219. The number of hydrogen-bond acceptors (Lipinski definition) is 4. The molecular weight excluding hydrogens is 426 g/mol. The fraction of sp³-hybridized carbons (Fsp3) is 0.696. The summed E-state index contributed by atoms with van der Waals surface area (Å²) in [6.07, 6.45) is 6.46. The van der Waals surface area contributed by atoms with E-state index in [1.54, 1.807) is 12.0 Å². The van der Waals surface area contributed by atoms with Crippen LogP contribution in [0.15, 0.2) is 6.07 Å². The predicted molar refractivity (Wildman–Crippen MR) is 115 cm³/mol. The molecule has 1 amide bonds. The topological polar surface area (TPSA) is 44.8 Å². The van der Waals surface area contributed by atoms with Crippen molar-refractivity contribution in [3.05, 3.63) is 29.3 Å². The van der Waals surface area contributed by atoms with E-state index >= 15 is 0 Å². The van der Waals surface area contributed by atoms with Crippen LogP contribution in [0.3, 0.4) is 0 Å². The fourth-order valence-electron chi connectivity index (χ4n) is 4.64. The van der Waals surface area contributed by atoms with Crippen LogP contribution in [0, 0.1) is 29.2 Å². The summed E-state index contributed by atoms with van der Waals surface area (Å²) in [4.78, 5) is 15.8. The van der Waals surface area contributed by atoms with Crippen LogP contribution in [0.25, 0.3) is 0 Å². The van der Waals surface area contributed by atoms with Gasteiger partial charge in [0.15, 0.2) is 23.3 Å². The van der Waals surface area contributed by atoms with E-state index < -0.39 is 23.3 Å². The number of carbonyl (C=O) groups excluding carboxylic acids is 1. The lowest BCUT2D eigenvalue weighted by atomic mass is 9.84. The second-order valence-corrected chi connectivity index (χ2v) is 8.82. The molecule has 1 aromatic carbocycles. The first-order valence-electron chi connectivity index (χ1n) is 11.5. The van der Waals surface area contributed by atoms with Crippen molar-refractivity contribution >= 4 is 11.6 Å². The maximum Gasteiger partial charge on any atom is 0.220 e. The summed E-state index contributed by atoms with van der Waals surface area (Å²) < 4.78 is 59.2. The minimum Gasteiger partial charge on any atom is -0.385 e. The third-order valence-corrected chi connectivity index (χ3v) is 6.61. The predicted octanol–water partition coefficient (Wildman–Crippen LogP) is 3.86. The standard InChI is InChI=1S/C23H33F4N3O2/c1-32-14-2-3-20(31)28-17-6-4-16(5-7-17)8-9-29-10-12-30(13-11-29)19-15-18(24)21(25)23(27)22(19)26/h15-17H,2-14H2,1H3,(H,28,31). The minimum absolute atomic E-state index is 0.0979. The summed E-state index contributed by atoms with van der Waals surface area (Å²) in [7, 11) is 1.63. The van der Waals surface area contributed by atoms with E-state index in [9.17, 15) is 22.4 Å². The quantitative estimate of drug-likeness (QED) is 0.264. The molecule has 1 N–H and O–H groups in total. The molecule has 1 aliphatic carbocycles. The normalized spacial score (nSPS) is 22.2. The number of benzene rings is 1. The molecule has 5 nitrogen and oxygen atoms in total. The van der Waals surface area contributed by atoms with Gasteiger partial charge in [-0.3, -0.25) is 9.69 Å². The molecule has 9 heteroatoms. The molecule has 3 rings (SSSR count). The van der Waals surface area contributed by atoms with Crippen molar-refractivity contribution in [2.75, 3.05) is 51.3 Å². The fourth-order valence-corrected chi connectivity index (χ4v) is 4.64. The van der Waals surface area contributed by atoms with Gasteiger partial charge in [0.25, 0.3) is 0 Å². The Kier molecular flexibility index (Phi) is 9.16. The van der Waals surface area contributed by atoms with Gasteiger partial charge in [-0.25, -0.2) is 17.6 Å². The zero-order valence-corrected chi connectivity index (χ0v) is 18.6. The van der Waals surface area contributed by atoms with Gasteiger partial charge in [0.2, 0.25) is 5.91 Å². The monoisotopic (exact) mass is 459 g/mol. The Morgan fingerprint density at radius 2 is 1.72 bits per heavy atom. The highest BCUT2D eigenvalue weighted by Crippen LogP contribution is 2.29. The number of hydrogen-bond donors (Lipinski definition) is 1. The first-order valence-corrected chi connectivity index (χ1v) is 11.5. The molecule has 0 radical (unpaired) electrons. The van der Waals surface area contributed by atoms with Gasteiger partial charge < -0.3 is 15.0 Å². The highest BCUT2D eigenvalue weighted by atomic mass is 19.2. The smallest absolute Gasteiger partial charge is 0.220 e. The van der Waals surface area contributed by atoms with E-state index in [1.165, 1.54) is 0 Å². The molecular formula is C23H33F4N3O2. The zero-order chi connectivity index (χ0) is 23.1. The lowest BCUT2D eigenvalue weighted by Gasteiger charge is -2.37. The molecule has 1 saturated carbocycles. The summed E-state index contributed by atoms with van der Waals surface area (Å²) in [6.45, 7) is 3.70. The number of piperazine rings is 1. The molecule has 1 saturated heterocycles. The van der Waals surface area contributed by atoms with Gasteiger partial charge >= 0.3 is 0 Å². The maximum atomic E-state index is 14.0. The van der Waals surface area contributed by atoms with Crippen molar-refractivity contribution in [3.63, 3.8) is 0 Å². The third-order valence-electron chi connectivity index (χ3n) is 6.61. The number of anilines is 1. The van der Waals surface area contributed by atoms with E-state index in [4.69, 9.17) is 4.74 Å². The average Bonchev–Trinajstić information content (AvgIpc) is 2.80. The maximum absolute atomic E-state index is 14.0. The van der Waals surface area contributed by atoms with Crippen molar-refractivity contribution in [3.8, 4) is 0 Å². The van der Waals surface area contributed by atoms with E-state index in [0.717, 1.165) is 51.1 Å². The van der Waals surface area contributed by atoms with Gasteiger partial charge in [0.1, 0.15) is 0 Å². The number of amides is 1. The second-order valence-electron chi connectivity index (χ2n) is 8.82. The molecule has 0 spiro atoms. The Morgan fingerprint density at radius 3 is 2.38 bits per heavy atom. The number of rotatable bonds is 9. The minimum atomic E-state index is -1.77. The van der Waals surface area contributed by atoms with Crippen LogP contribution in [0.2, 0.25) is 0 Å². The van der Waals surface area contributed by atoms with Crippen molar-refractivity contribution in [2.24, 2.45) is 5.92 Å². The lowest BCUT2D eigenvalue weighted by molar-refractivity contribution is -0.122. The molecule has 2 aliphatic rings. The van der Waals surface area contributed by atoms with Crippen LogP contribution in [0.1, 0.15) is 44.9 Å².